The third-order valence-corrected chi connectivity index (χ3v) is 5.35. The highest BCUT2D eigenvalue weighted by Gasteiger charge is 2.14. The molecule has 0 aliphatic carbocycles. The molecule has 0 saturated heterocycles. The molecular weight excluding hydrogens is 342 g/mol. The van der Waals surface area contributed by atoms with E-state index >= 15 is 0 Å². The lowest BCUT2D eigenvalue weighted by Crippen LogP contribution is -2.25. The number of rotatable bonds is 7. The van der Waals surface area contributed by atoms with Crippen molar-refractivity contribution in [2.45, 2.75) is 17.7 Å². The summed E-state index contributed by atoms with van der Waals surface area (Å²) in [7, 11) is -2.00. The highest BCUT2D eigenvalue weighted by molar-refractivity contribution is 7.89. The number of methoxy groups -OCH3 is 1. The van der Waals surface area contributed by atoms with Gasteiger partial charge in [0.25, 0.3) is 0 Å². The minimum Gasteiger partial charge on any atom is -0.497 e. The van der Waals surface area contributed by atoms with Gasteiger partial charge in [0.2, 0.25) is 10.0 Å². The maximum absolute atomic E-state index is 12.3. The molecule has 0 aliphatic rings. The van der Waals surface area contributed by atoms with Crippen molar-refractivity contribution in [1.29, 1.82) is 0 Å². The van der Waals surface area contributed by atoms with Gasteiger partial charge in [0, 0.05) is 6.54 Å². The fourth-order valence-electron chi connectivity index (χ4n) is 2.55. The predicted octanol–water partition coefficient (Wildman–Crippen LogP) is 1.78. The Kier molecular flexibility index (Phi) is 4.91. The Bertz CT molecular complexity index is 1020. The van der Waals surface area contributed by atoms with Crippen LogP contribution in [0.1, 0.15) is 12.0 Å². The number of hydrogen-bond donors (Lipinski definition) is 3. The second kappa shape index (κ2) is 7.12. The van der Waals surface area contributed by atoms with Crippen LogP contribution in [-0.2, 0) is 16.4 Å². The third-order valence-electron chi connectivity index (χ3n) is 3.89. The molecule has 1 heterocycles. The number of sulfonamides is 1. The van der Waals surface area contributed by atoms with Crippen LogP contribution >= 0.6 is 0 Å². The lowest BCUT2D eigenvalue weighted by atomic mass is 10.1. The molecule has 0 atom stereocenters. The zero-order valence-corrected chi connectivity index (χ0v) is 14.5. The van der Waals surface area contributed by atoms with E-state index in [9.17, 15) is 13.2 Å². The van der Waals surface area contributed by atoms with Crippen LogP contribution in [0.15, 0.2) is 52.2 Å². The van der Waals surface area contributed by atoms with E-state index in [4.69, 9.17) is 4.74 Å². The fourth-order valence-corrected chi connectivity index (χ4v) is 3.65. The number of benzene rings is 2. The molecule has 0 unspecified atom stereocenters. The Hall–Kier alpha value is -2.58. The van der Waals surface area contributed by atoms with Gasteiger partial charge in [0.15, 0.2) is 0 Å². The van der Waals surface area contributed by atoms with Crippen LogP contribution in [-0.4, -0.2) is 32.0 Å². The number of ether oxygens (including phenoxy) is 1. The summed E-state index contributed by atoms with van der Waals surface area (Å²) in [6, 6.07) is 12.2. The maximum Gasteiger partial charge on any atom is 0.323 e. The monoisotopic (exact) mass is 361 g/mol. The summed E-state index contributed by atoms with van der Waals surface area (Å²) in [5.74, 6) is 0.794. The van der Waals surface area contributed by atoms with E-state index in [1.54, 1.807) is 13.2 Å². The standard InChI is InChI=1S/C17H19N3O4S/c1-24-13-6-4-12(5-7-13)3-2-10-18-25(22,23)14-8-9-15-16(11-14)20-17(21)19-15/h4-9,11,18H,2-3,10H2,1H3,(H2,19,20,21). The lowest BCUT2D eigenvalue weighted by molar-refractivity contribution is 0.414. The van der Waals surface area contributed by atoms with Gasteiger partial charge in [-0.3, -0.25) is 0 Å². The van der Waals surface area contributed by atoms with Crippen molar-refractivity contribution in [3.63, 3.8) is 0 Å². The van der Waals surface area contributed by atoms with Crippen molar-refractivity contribution in [3.8, 4) is 5.75 Å². The number of aromatic nitrogens is 2. The number of fused-ring (bicyclic) bond motifs is 1. The quantitative estimate of drug-likeness (QED) is 0.558. The molecule has 2 aromatic carbocycles. The van der Waals surface area contributed by atoms with Gasteiger partial charge in [-0.1, -0.05) is 12.1 Å². The van der Waals surface area contributed by atoms with E-state index in [0.29, 0.717) is 24.0 Å². The van der Waals surface area contributed by atoms with Crippen LogP contribution in [0.5, 0.6) is 5.75 Å². The zero-order chi connectivity index (χ0) is 17.9. The molecule has 0 radical (unpaired) electrons. The molecule has 0 bridgehead atoms. The second-order valence-electron chi connectivity index (χ2n) is 5.64. The summed E-state index contributed by atoms with van der Waals surface area (Å²) < 4.78 is 32.4. The zero-order valence-electron chi connectivity index (χ0n) is 13.7. The second-order valence-corrected chi connectivity index (χ2v) is 7.40. The Morgan fingerprint density at radius 2 is 1.76 bits per heavy atom. The summed E-state index contributed by atoms with van der Waals surface area (Å²) in [6.45, 7) is 0.329. The van der Waals surface area contributed by atoms with E-state index in [1.807, 2.05) is 24.3 Å². The van der Waals surface area contributed by atoms with Crippen molar-refractivity contribution in [1.82, 2.24) is 14.7 Å². The number of imidazole rings is 1. The van der Waals surface area contributed by atoms with Gasteiger partial charge in [0.05, 0.1) is 23.0 Å². The van der Waals surface area contributed by atoms with Gasteiger partial charge in [-0.25, -0.2) is 17.9 Å². The first-order chi connectivity index (χ1) is 12.0. The van der Waals surface area contributed by atoms with Crippen molar-refractivity contribution in [3.05, 3.63) is 58.5 Å². The Morgan fingerprint density at radius 3 is 2.48 bits per heavy atom. The first-order valence-corrected chi connectivity index (χ1v) is 9.31. The van der Waals surface area contributed by atoms with Crippen LogP contribution in [0.3, 0.4) is 0 Å². The fraction of sp³-hybridized carbons (Fsp3) is 0.235. The molecule has 7 nitrogen and oxygen atoms in total. The van der Waals surface area contributed by atoms with Crippen LogP contribution < -0.4 is 15.1 Å². The Labute approximate surface area is 145 Å². The van der Waals surface area contributed by atoms with Crippen LogP contribution in [0, 0.1) is 0 Å². The van der Waals surface area contributed by atoms with Crippen molar-refractivity contribution < 1.29 is 13.2 Å². The van der Waals surface area contributed by atoms with Gasteiger partial charge in [0.1, 0.15) is 5.75 Å². The summed E-state index contributed by atoms with van der Waals surface area (Å²) >= 11 is 0. The topological polar surface area (TPSA) is 104 Å². The highest BCUT2D eigenvalue weighted by Crippen LogP contribution is 2.15. The summed E-state index contributed by atoms with van der Waals surface area (Å²) in [5.41, 5.74) is 1.79. The smallest absolute Gasteiger partial charge is 0.323 e. The first kappa shape index (κ1) is 17.2. The molecule has 0 amide bonds. The van der Waals surface area contributed by atoms with Crippen molar-refractivity contribution in [2.75, 3.05) is 13.7 Å². The Morgan fingerprint density at radius 1 is 1.04 bits per heavy atom. The first-order valence-electron chi connectivity index (χ1n) is 7.82. The average molecular weight is 361 g/mol. The number of nitrogens with one attached hydrogen (secondary N) is 3. The van der Waals surface area contributed by atoms with Gasteiger partial charge in [-0.15, -0.1) is 0 Å². The molecule has 3 rings (SSSR count). The van der Waals surface area contributed by atoms with Crippen LogP contribution in [0.4, 0.5) is 0 Å². The molecular formula is C17H19N3O4S. The minimum absolute atomic E-state index is 0.125. The normalized spacial score (nSPS) is 11.7. The van der Waals surface area contributed by atoms with Crippen LogP contribution in [0.2, 0.25) is 0 Å². The van der Waals surface area contributed by atoms with Gasteiger partial charge in [-0.05, 0) is 48.7 Å². The molecule has 8 heteroatoms. The van der Waals surface area contributed by atoms with Crippen LogP contribution in [0.25, 0.3) is 11.0 Å². The van der Waals surface area contributed by atoms with E-state index in [-0.39, 0.29) is 10.6 Å². The molecule has 0 saturated carbocycles. The molecule has 3 N–H and O–H groups in total. The highest BCUT2D eigenvalue weighted by atomic mass is 32.2. The van der Waals surface area contributed by atoms with E-state index in [0.717, 1.165) is 17.7 Å². The van der Waals surface area contributed by atoms with Gasteiger partial charge < -0.3 is 14.7 Å². The van der Waals surface area contributed by atoms with Gasteiger partial charge in [-0.2, -0.15) is 0 Å². The average Bonchev–Trinajstić information content (AvgIpc) is 2.98. The molecule has 3 aromatic rings. The molecule has 0 fully saturated rings. The van der Waals surface area contributed by atoms with E-state index in [1.165, 1.54) is 12.1 Å². The maximum atomic E-state index is 12.3. The Balaban J connectivity index is 1.59. The van der Waals surface area contributed by atoms with Gasteiger partial charge >= 0.3 is 5.69 Å². The summed E-state index contributed by atoms with van der Waals surface area (Å²) in [6.07, 6.45) is 1.44. The SMILES string of the molecule is COc1ccc(CCCNS(=O)(=O)c2ccc3[nH]c(=O)[nH]c3c2)cc1. The van der Waals surface area contributed by atoms with E-state index in [2.05, 4.69) is 14.7 Å². The minimum atomic E-state index is -3.61. The third kappa shape index (κ3) is 4.09. The molecule has 0 spiro atoms. The van der Waals surface area contributed by atoms with Crippen molar-refractivity contribution in [2.24, 2.45) is 0 Å². The molecule has 0 aliphatic heterocycles. The van der Waals surface area contributed by atoms with Crippen molar-refractivity contribution >= 4 is 21.1 Å². The lowest BCUT2D eigenvalue weighted by Gasteiger charge is -2.07. The number of aryl methyl sites for hydroxylation is 1. The summed E-state index contributed by atoms with van der Waals surface area (Å²) in [4.78, 5) is 16.5. The number of H-pyrrole nitrogens is 2. The molecule has 25 heavy (non-hydrogen) atoms. The largest absolute Gasteiger partial charge is 0.497 e. The number of hydrogen-bond acceptors (Lipinski definition) is 4. The van der Waals surface area contributed by atoms with E-state index < -0.39 is 10.0 Å². The predicted molar refractivity (Wildman–Crippen MR) is 95.4 cm³/mol. The summed E-state index contributed by atoms with van der Waals surface area (Å²) in [5, 5.41) is 0. The molecule has 132 valence electrons. The number of aromatic amines is 2. The molecule has 1 aromatic heterocycles.